The van der Waals surface area contributed by atoms with Crippen molar-refractivity contribution < 1.29 is 50.2 Å². The molecule has 0 radical (unpaired) electrons. The lowest BCUT2D eigenvalue weighted by Crippen LogP contribution is -2.40. The molecule has 2 N–H and O–H groups in total. The monoisotopic (exact) mass is 668 g/mol. The predicted molar refractivity (Wildman–Crippen MR) is 150 cm³/mol. The molecule has 2 atom stereocenters. The van der Waals surface area contributed by atoms with Gasteiger partial charge in [0, 0.05) is 23.4 Å². The third-order valence-electron chi connectivity index (χ3n) is 7.27. The van der Waals surface area contributed by atoms with Crippen molar-refractivity contribution in [2.45, 2.75) is 37.8 Å². The molecular weight excluding hydrogens is 649 g/mol. The minimum atomic E-state index is -5.26. The number of nitrogens with zero attached hydrogens (tertiary/aromatic N) is 1. The highest BCUT2D eigenvalue weighted by molar-refractivity contribution is 6.31. The Kier molecular flexibility index (Phi) is 8.36. The van der Waals surface area contributed by atoms with Crippen molar-refractivity contribution in [2.24, 2.45) is 0 Å². The van der Waals surface area contributed by atoms with Crippen LogP contribution in [-0.4, -0.2) is 21.6 Å². The van der Waals surface area contributed by atoms with Gasteiger partial charge in [0.2, 0.25) is 5.91 Å². The number of carboxylic acids is 1. The van der Waals surface area contributed by atoms with Crippen molar-refractivity contribution in [2.75, 3.05) is 0 Å². The van der Waals surface area contributed by atoms with Crippen molar-refractivity contribution in [1.82, 2.24) is 9.88 Å². The summed E-state index contributed by atoms with van der Waals surface area (Å²) >= 11 is 5.86. The summed E-state index contributed by atoms with van der Waals surface area (Å²) in [4.78, 5) is 38.8. The summed E-state index contributed by atoms with van der Waals surface area (Å²) in [6.07, 6.45) is -10.9. The highest BCUT2D eigenvalue weighted by Crippen LogP contribution is 2.43. The average Bonchev–Trinajstić information content (AvgIpc) is 2.93. The summed E-state index contributed by atoms with van der Waals surface area (Å²) in [6, 6.07) is 7.69. The lowest BCUT2D eigenvalue weighted by molar-refractivity contribution is -0.140. The second-order valence-corrected chi connectivity index (χ2v) is 10.8. The van der Waals surface area contributed by atoms with Gasteiger partial charge in [0.05, 0.1) is 28.6 Å². The Balaban J connectivity index is 1.84. The van der Waals surface area contributed by atoms with Crippen LogP contribution in [0.2, 0.25) is 5.02 Å². The smallest absolute Gasteiger partial charge is 0.419 e. The highest BCUT2D eigenvalue weighted by Gasteiger charge is 2.39. The van der Waals surface area contributed by atoms with Crippen LogP contribution in [0.5, 0.6) is 11.5 Å². The Bertz CT molecular complexity index is 1940. The van der Waals surface area contributed by atoms with E-state index in [0.29, 0.717) is 22.4 Å². The molecular formula is C31H20ClF7N2O5. The number of alkyl halides is 6. The number of hydrogen-bond acceptors (Lipinski definition) is 4. The minimum absolute atomic E-state index is 0.00226. The molecule has 0 spiro atoms. The number of hydrogen-bond donors (Lipinski definition) is 2. The van der Waals surface area contributed by atoms with E-state index in [2.05, 4.69) is 5.32 Å². The first kappa shape index (κ1) is 32.5. The number of ether oxygens (including phenoxy) is 1. The molecule has 1 aliphatic rings. The fourth-order valence-corrected chi connectivity index (χ4v) is 5.53. The second-order valence-electron chi connectivity index (χ2n) is 10.4. The number of nitrogens with one attached hydrogen (secondary N) is 1. The number of amides is 1. The molecule has 3 aromatic carbocycles. The van der Waals surface area contributed by atoms with E-state index in [4.69, 9.17) is 16.3 Å². The predicted octanol–water partition coefficient (Wildman–Crippen LogP) is 7.68. The maximum Gasteiger partial charge on any atom is 0.419 e. The van der Waals surface area contributed by atoms with E-state index in [9.17, 15) is 45.8 Å². The number of benzene rings is 3. The third kappa shape index (κ3) is 6.29. The first-order valence-electron chi connectivity index (χ1n) is 13.2. The number of pyridine rings is 1. The van der Waals surface area contributed by atoms with Crippen molar-refractivity contribution >= 4 is 23.5 Å². The Morgan fingerprint density at radius 1 is 0.978 bits per heavy atom. The SMILES string of the molecule is Cc1cccc2c1-c1cc(c(F)c(C(F)(F)F)c1)[C@H](CC(=O)O)NC(=O)C(n1cc(Cl)c(C(F)(F)F)cc1=O)c1cccc(c1)O2. The molecule has 5 rings (SSSR count). The Morgan fingerprint density at radius 3 is 2.30 bits per heavy atom. The number of fused-ring (bicyclic) bond motifs is 6. The largest absolute Gasteiger partial charge is 0.481 e. The Morgan fingerprint density at radius 2 is 1.65 bits per heavy atom. The molecule has 7 nitrogen and oxygen atoms in total. The van der Waals surface area contributed by atoms with Crippen molar-refractivity contribution in [3.8, 4) is 22.6 Å². The normalized spacial score (nSPS) is 16.7. The molecule has 0 saturated carbocycles. The molecule has 0 aliphatic carbocycles. The number of halogens is 8. The molecule has 1 amide bonds. The molecule has 4 aromatic rings. The summed E-state index contributed by atoms with van der Waals surface area (Å²) in [6.45, 7) is 1.56. The van der Waals surface area contributed by atoms with Crippen LogP contribution in [0.3, 0.4) is 0 Å². The number of aliphatic carboxylic acids is 1. The zero-order valence-corrected chi connectivity index (χ0v) is 24.0. The van der Waals surface area contributed by atoms with Gasteiger partial charge in [-0.25, -0.2) is 4.39 Å². The number of carbonyl (C=O) groups is 2. The molecule has 4 bridgehead atoms. The minimum Gasteiger partial charge on any atom is -0.481 e. The standard InChI is InChI=1S/C31H20ClF7N2O5/c1-14-4-2-7-23-26(14)16-9-18(27(33)20(10-16)31(37,38)39)22(12-25(43)44)40-29(45)28(15-5-3-6-17(8-15)46-23)41-13-21(32)19(11-24(41)42)30(34,35)36/h2-11,13,22,28H,12H2,1H3,(H,40,45)(H,43,44)/t22-,28?/m0/s1. The van der Waals surface area contributed by atoms with Gasteiger partial charge < -0.3 is 15.2 Å². The Labute approximate surface area is 259 Å². The maximum atomic E-state index is 15.7. The van der Waals surface area contributed by atoms with Crippen LogP contribution in [0.4, 0.5) is 30.7 Å². The fourth-order valence-electron chi connectivity index (χ4n) is 5.27. The highest BCUT2D eigenvalue weighted by atomic mass is 35.5. The summed E-state index contributed by atoms with van der Waals surface area (Å²) in [5, 5.41) is 10.9. The summed E-state index contributed by atoms with van der Waals surface area (Å²) in [7, 11) is 0. The van der Waals surface area contributed by atoms with E-state index >= 15 is 4.39 Å². The third-order valence-corrected chi connectivity index (χ3v) is 7.57. The Hall–Kier alpha value is -4.85. The van der Waals surface area contributed by atoms with Crippen LogP contribution >= 0.6 is 11.6 Å². The van der Waals surface area contributed by atoms with E-state index in [1.807, 2.05) is 0 Å². The number of rotatable bonds is 3. The van der Waals surface area contributed by atoms with E-state index in [-0.39, 0.29) is 34.3 Å². The van der Waals surface area contributed by atoms with E-state index in [1.165, 1.54) is 36.4 Å². The summed E-state index contributed by atoms with van der Waals surface area (Å²) in [5.41, 5.74) is -5.23. The van der Waals surface area contributed by atoms with Gasteiger partial charge in [-0.3, -0.25) is 19.0 Å². The topological polar surface area (TPSA) is 97.6 Å². The molecule has 1 aromatic heterocycles. The van der Waals surface area contributed by atoms with Crippen molar-refractivity contribution in [3.63, 3.8) is 0 Å². The number of carboxylic acid groups (broad SMARTS) is 1. The van der Waals surface area contributed by atoms with Gasteiger partial charge >= 0.3 is 18.3 Å². The van der Waals surface area contributed by atoms with Gasteiger partial charge in [0.15, 0.2) is 0 Å². The summed E-state index contributed by atoms with van der Waals surface area (Å²) in [5.74, 6) is -4.76. The lowest BCUT2D eigenvalue weighted by Gasteiger charge is -2.26. The number of aryl methyl sites for hydroxylation is 1. The summed E-state index contributed by atoms with van der Waals surface area (Å²) < 4.78 is 105. The van der Waals surface area contributed by atoms with Crippen LogP contribution in [0.15, 0.2) is 71.7 Å². The quantitative estimate of drug-likeness (QED) is 0.218. The van der Waals surface area contributed by atoms with Gasteiger partial charge in [0.1, 0.15) is 23.4 Å². The van der Waals surface area contributed by atoms with Gasteiger partial charge in [-0.1, -0.05) is 35.9 Å². The van der Waals surface area contributed by atoms with Crippen molar-refractivity contribution in [1.29, 1.82) is 0 Å². The van der Waals surface area contributed by atoms with Crippen molar-refractivity contribution in [3.05, 3.63) is 116 Å². The van der Waals surface area contributed by atoms with Crippen LogP contribution < -0.4 is 15.6 Å². The lowest BCUT2D eigenvalue weighted by atomic mass is 9.91. The average molecular weight is 669 g/mol. The van der Waals surface area contributed by atoms with Gasteiger partial charge in [-0.2, -0.15) is 26.3 Å². The first-order valence-corrected chi connectivity index (χ1v) is 13.6. The van der Waals surface area contributed by atoms with Crippen LogP contribution in [0, 0.1) is 12.7 Å². The molecule has 240 valence electrons. The second kappa shape index (κ2) is 11.8. The zero-order valence-electron chi connectivity index (χ0n) is 23.3. The van der Waals surface area contributed by atoms with Gasteiger partial charge in [-0.15, -0.1) is 0 Å². The maximum absolute atomic E-state index is 15.7. The molecule has 1 aliphatic heterocycles. The molecule has 1 unspecified atom stereocenters. The number of aromatic nitrogens is 1. The zero-order chi connectivity index (χ0) is 33.7. The first-order chi connectivity index (χ1) is 21.5. The molecule has 0 saturated heterocycles. The molecule has 15 heteroatoms. The van der Waals surface area contributed by atoms with Gasteiger partial charge in [-0.05, 0) is 53.9 Å². The molecule has 2 heterocycles. The van der Waals surface area contributed by atoms with E-state index in [0.717, 1.165) is 6.07 Å². The van der Waals surface area contributed by atoms with Gasteiger partial charge in [0.25, 0.3) is 5.56 Å². The molecule has 46 heavy (non-hydrogen) atoms. The van der Waals surface area contributed by atoms with Crippen LogP contribution in [-0.2, 0) is 21.9 Å². The van der Waals surface area contributed by atoms with Crippen LogP contribution in [0.25, 0.3) is 11.1 Å². The number of carbonyl (C=O) groups excluding carboxylic acids is 1. The van der Waals surface area contributed by atoms with E-state index < -0.39 is 75.8 Å². The molecule has 0 fully saturated rings. The van der Waals surface area contributed by atoms with Crippen LogP contribution in [0.1, 0.15) is 46.3 Å². The fraction of sp³-hybridized carbons (Fsp3) is 0.194. The van der Waals surface area contributed by atoms with E-state index in [1.54, 1.807) is 13.0 Å².